The number of para-hydroxylation sites is 9. The van der Waals surface area contributed by atoms with Crippen LogP contribution < -0.4 is 48.3 Å². The highest BCUT2D eigenvalue weighted by Crippen LogP contribution is 2.30. The van der Waals surface area contributed by atoms with Crippen LogP contribution in [0.4, 0.5) is 0 Å². The van der Waals surface area contributed by atoms with Crippen molar-refractivity contribution in [1.82, 2.24) is 87.4 Å². The Hall–Kier alpha value is -16.0. The maximum atomic E-state index is 16.3. The normalized spacial score (nSPS) is 13.9. The lowest BCUT2D eigenvalue weighted by Gasteiger charge is -2.28. The van der Waals surface area contributed by atoms with Gasteiger partial charge in [0, 0.05) is 205 Å². The van der Waals surface area contributed by atoms with Crippen LogP contribution in [0.2, 0.25) is 0 Å². The second-order valence-corrected chi connectivity index (χ2v) is 32.5. The lowest BCUT2D eigenvalue weighted by molar-refractivity contribution is -0.142. The molecule has 0 aliphatic carbocycles. The van der Waals surface area contributed by atoms with Gasteiger partial charge in [-0.2, -0.15) is 0 Å². The largest absolute Gasteiger partial charge is 0.480 e. The van der Waals surface area contributed by atoms with E-state index in [1.54, 1.807) is 55.8 Å². The first-order valence-corrected chi connectivity index (χ1v) is 42.3. The van der Waals surface area contributed by atoms with Gasteiger partial charge in [-0.1, -0.05) is 164 Å². The molecule has 9 atom stereocenters. The third kappa shape index (κ3) is 17.9. The van der Waals surface area contributed by atoms with Crippen molar-refractivity contribution in [3.05, 3.63) is 324 Å². The predicted octanol–water partition coefficient (Wildman–Crippen LogP) is 10.8. The van der Waals surface area contributed by atoms with Gasteiger partial charge in [0.05, 0.1) is 6.04 Å². The standard InChI is InChI=1S/C99H92N18O10/c100-73(37-55-46-101-74-28-10-1-19-64(55)74)91(118)110-83(38-56-47-102-75-29-11-2-20-65(56)75)92(119)111-84(39-57-48-103-76-30-12-3-21-66(57)76)93(120)112-85(40-58-49-104-77-31-13-4-22-67(58)77)94(121)113-86(41-59-50-105-78-32-14-5-23-68(59)78)95(122)114-87(42-60-51-106-79-33-15-6-24-69(60)79)96(123)115-88(43-61-52-107-80-34-16-7-25-70(61)80)97(124)116-89(44-62-53-108-81-35-17-8-26-71(62)81)98(125)117-90(99(126)127)45-63-54-109-82-36-18-9-27-72(63)82/h1-36,46-54,73,83-90,101-109H,37-45,100H2,(H,110,118)(H,111,119)(H,112,120)(H,113,121)(H,114,122)(H,115,123)(H,116,124)(H,117,125)(H,126,127)/t73-,83-,84-,85-,86-,87-,88-,89-,90-/m0/s1. The Morgan fingerprint density at radius 1 is 0.205 bits per heavy atom. The molecule has 9 aromatic heterocycles. The molecule has 0 aliphatic heterocycles. The zero-order valence-electron chi connectivity index (χ0n) is 68.7. The van der Waals surface area contributed by atoms with Crippen LogP contribution in [0.5, 0.6) is 0 Å². The Balaban J connectivity index is 0.676. The van der Waals surface area contributed by atoms with E-state index in [2.05, 4.69) is 87.4 Å². The summed E-state index contributed by atoms with van der Waals surface area (Å²) in [6.45, 7) is 0. The van der Waals surface area contributed by atoms with Crippen molar-refractivity contribution < 1.29 is 48.3 Å². The molecule has 28 nitrogen and oxygen atoms in total. The Kier molecular flexibility index (Phi) is 23.4. The van der Waals surface area contributed by atoms with Crippen molar-refractivity contribution >= 4 is 151 Å². The number of carbonyl (C=O) groups is 9. The summed E-state index contributed by atoms with van der Waals surface area (Å²) in [5, 5.41) is 41.6. The van der Waals surface area contributed by atoms with Gasteiger partial charge < -0.3 is 98.2 Å². The highest BCUT2D eigenvalue weighted by molar-refractivity contribution is 6.02. The number of H-pyrrole nitrogens is 9. The number of carbonyl (C=O) groups excluding carboxylic acids is 8. The lowest BCUT2D eigenvalue weighted by atomic mass is 9.98. The van der Waals surface area contributed by atoms with E-state index in [4.69, 9.17) is 5.73 Å². The minimum atomic E-state index is -1.55. The van der Waals surface area contributed by atoms with Crippen molar-refractivity contribution in [2.24, 2.45) is 5.73 Å². The molecule has 0 spiro atoms. The maximum absolute atomic E-state index is 16.3. The van der Waals surface area contributed by atoms with Gasteiger partial charge >= 0.3 is 5.97 Å². The average molecular weight is 1690 g/mol. The van der Waals surface area contributed by atoms with Crippen molar-refractivity contribution in [2.45, 2.75) is 112 Å². The third-order valence-electron chi connectivity index (χ3n) is 24.3. The molecule has 0 bridgehead atoms. The SMILES string of the molecule is N[C@@H](Cc1c[nH]c2ccccc12)C(=O)N[C@@H](Cc1c[nH]c2ccccc12)C(=O)N[C@@H](Cc1c[nH]c2ccccc12)C(=O)N[C@@H](Cc1c[nH]c2ccccc12)C(=O)N[C@@H](Cc1c[nH]c2ccccc12)C(=O)N[C@@H](Cc1c[nH]c2ccccc12)C(=O)N[C@@H](Cc1c[nH]c2ccccc12)C(=O)N[C@@H](Cc1c[nH]c2ccccc12)C(=O)N[C@@H](Cc1c[nH]c2ccccc12)C(=O)O. The fourth-order valence-corrected chi connectivity index (χ4v) is 17.6. The highest BCUT2D eigenvalue weighted by Gasteiger charge is 2.38. The number of carboxylic acid groups (broad SMARTS) is 1. The van der Waals surface area contributed by atoms with E-state index >= 15 is 33.6 Å². The molecule has 0 aliphatic rings. The number of amides is 8. The van der Waals surface area contributed by atoms with Crippen LogP contribution in [0.3, 0.4) is 0 Å². The molecule has 20 N–H and O–H groups in total. The summed E-state index contributed by atoms with van der Waals surface area (Å²) < 4.78 is 0. The van der Waals surface area contributed by atoms with E-state index in [1.165, 1.54) is 0 Å². The Bertz CT molecular complexity index is 7170. The number of rotatable bonds is 35. The van der Waals surface area contributed by atoms with Crippen LogP contribution >= 0.6 is 0 Å². The van der Waals surface area contributed by atoms with Crippen LogP contribution in [-0.2, 0) is 101 Å². The molecule has 0 unspecified atom stereocenters. The Labute approximate surface area is 725 Å². The van der Waals surface area contributed by atoms with Crippen LogP contribution in [0.1, 0.15) is 50.1 Å². The fraction of sp³-hybridized carbons (Fsp3) is 0.182. The molecular weight excluding hydrogens is 1600 g/mol. The molecule has 0 fully saturated rings. The lowest BCUT2D eigenvalue weighted by Crippen LogP contribution is -2.61. The summed E-state index contributed by atoms with van der Waals surface area (Å²) in [5.41, 5.74) is 19.4. The fourth-order valence-electron chi connectivity index (χ4n) is 17.6. The van der Waals surface area contributed by atoms with Crippen LogP contribution in [0, 0.1) is 0 Å². The number of nitrogens with two attached hydrogens (primary N) is 1. The first-order valence-electron chi connectivity index (χ1n) is 42.3. The Morgan fingerprint density at radius 3 is 0.504 bits per heavy atom. The van der Waals surface area contributed by atoms with Gasteiger partial charge in [0.1, 0.15) is 48.3 Å². The number of fused-ring (bicyclic) bond motifs is 9. The molecule has 0 saturated carbocycles. The summed E-state index contributed by atoms with van der Waals surface area (Å²) in [5.74, 6) is -7.66. The first kappa shape index (κ1) is 82.0. The summed E-state index contributed by atoms with van der Waals surface area (Å²) in [6, 6.07) is 54.2. The van der Waals surface area contributed by atoms with Crippen LogP contribution in [0.15, 0.2) is 274 Å². The number of aliphatic carboxylic acids is 1. The molecule has 9 heterocycles. The van der Waals surface area contributed by atoms with Crippen LogP contribution in [-0.4, -0.2) is 158 Å². The van der Waals surface area contributed by atoms with Gasteiger partial charge in [-0.3, -0.25) is 38.4 Å². The molecular formula is C99H92N18O10. The van der Waals surface area contributed by atoms with Crippen LogP contribution in [0.25, 0.3) is 98.1 Å². The van der Waals surface area contributed by atoms with E-state index < -0.39 is 108 Å². The molecule has 127 heavy (non-hydrogen) atoms. The monoisotopic (exact) mass is 1690 g/mol. The number of nitrogens with one attached hydrogen (secondary N) is 17. The number of aromatic amines is 9. The van der Waals surface area contributed by atoms with Gasteiger partial charge in [0.2, 0.25) is 47.3 Å². The Morgan fingerprint density at radius 2 is 0.339 bits per heavy atom. The summed E-state index contributed by atoms with van der Waals surface area (Å²) in [6.07, 6.45) is 14.6. The summed E-state index contributed by atoms with van der Waals surface area (Å²) in [7, 11) is 0. The number of carboxylic acids is 1. The van der Waals surface area contributed by atoms with Gasteiger partial charge in [-0.15, -0.1) is 0 Å². The molecule has 638 valence electrons. The minimum absolute atomic E-state index is 0.0421. The summed E-state index contributed by atoms with van der Waals surface area (Å²) in [4.78, 5) is 169. The molecule has 0 radical (unpaired) electrons. The van der Waals surface area contributed by atoms with Crippen molar-refractivity contribution in [3.8, 4) is 0 Å². The second-order valence-electron chi connectivity index (χ2n) is 32.5. The predicted molar refractivity (Wildman–Crippen MR) is 489 cm³/mol. The van der Waals surface area contributed by atoms with Gasteiger partial charge in [-0.25, -0.2) is 4.79 Å². The third-order valence-corrected chi connectivity index (χ3v) is 24.3. The maximum Gasteiger partial charge on any atom is 0.326 e. The van der Waals surface area contributed by atoms with Crippen molar-refractivity contribution in [1.29, 1.82) is 0 Å². The average Bonchev–Trinajstić information content (AvgIpc) is 1.68. The van der Waals surface area contributed by atoms with Gasteiger partial charge in [0.25, 0.3) is 0 Å². The molecule has 18 rings (SSSR count). The van der Waals surface area contributed by atoms with E-state index in [1.807, 2.05) is 218 Å². The van der Waals surface area contributed by atoms with Crippen molar-refractivity contribution in [3.63, 3.8) is 0 Å². The molecule has 9 aromatic carbocycles. The first-order chi connectivity index (χ1) is 61.9. The van der Waals surface area contributed by atoms with E-state index in [-0.39, 0.29) is 57.8 Å². The summed E-state index contributed by atoms with van der Waals surface area (Å²) >= 11 is 0. The topological polar surface area (TPSA) is 438 Å². The van der Waals surface area contributed by atoms with E-state index in [0.29, 0.717) is 55.3 Å². The minimum Gasteiger partial charge on any atom is -0.480 e. The molecule has 8 amide bonds. The quantitative estimate of drug-likeness (QED) is 0.0177. The zero-order chi connectivity index (χ0) is 87.2. The highest BCUT2D eigenvalue weighted by atomic mass is 16.4. The number of benzene rings is 9. The second kappa shape index (κ2) is 36.2. The smallest absolute Gasteiger partial charge is 0.326 e. The number of hydrogen-bond donors (Lipinski definition) is 19. The van der Waals surface area contributed by atoms with Gasteiger partial charge in [0.15, 0.2) is 0 Å². The number of hydrogen-bond acceptors (Lipinski definition) is 10. The molecule has 28 heteroatoms. The van der Waals surface area contributed by atoms with Crippen molar-refractivity contribution in [2.75, 3.05) is 0 Å². The number of aromatic nitrogens is 9. The molecule has 0 saturated heterocycles. The van der Waals surface area contributed by atoms with Gasteiger partial charge in [-0.05, 0) is 111 Å². The zero-order valence-corrected chi connectivity index (χ0v) is 68.7. The molecule has 18 aromatic rings. The van der Waals surface area contributed by atoms with E-state index in [9.17, 15) is 14.7 Å². The van der Waals surface area contributed by atoms with E-state index in [0.717, 1.165) is 92.9 Å².